The largest absolute Gasteiger partial charge is 0.491 e. The lowest BCUT2D eigenvalue weighted by Crippen LogP contribution is -2.37. The predicted molar refractivity (Wildman–Crippen MR) is 110 cm³/mol. The molecular formula is C22H27ClN2O2. The number of hydrogen-bond acceptors (Lipinski definition) is 3. The monoisotopic (exact) mass is 386 g/mol. The van der Waals surface area contributed by atoms with E-state index in [-0.39, 0.29) is 17.9 Å². The van der Waals surface area contributed by atoms with Gasteiger partial charge in [0.2, 0.25) is 5.91 Å². The van der Waals surface area contributed by atoms with E-state index in [9.17, 15) is 4.79 Å². The van der Waals surface area contributed by atoms with Crippen LogP contribution >= 0.6 is 11.6 Å². The van der Waals surface area contributed by atoms with Crippen molar-refractivity contribution in [2.75, 3.05) is 18.4 Å². The van der Waals surface area contributed by atoms with Gasteiger partial charge in [-0.05, 0) is 75.7 Å². The number of amides is 1. The van der Waals surface area contributed by atoms with Crippen LogP contribution in [0.2, 0.25) is 5.02 Å². The molecule has 1 heterocycles. The van der Waals surface area contributed by atoms with Crippen molar-refractivity contribution in [3.05, 3.63) is 59.1 Å². The first-order valence-corrected chi connectivity index (χ1v) is 9.92. The standard InChI is InChI=1S/C22H27ClN2O2/c1-16(2)27-20-9-7-19(8-10-20)24-22(26)17-11-13-25(14-12-17)15-18-5-3-4-6-21(18)23/h3-10,16-17H,11-15H2,1-2H3,(H,24,26). The van der Waals surface area contributed by atoms with Crippen LogP contribution in [-0.4, -0.2) is 30.0 Å². The van der Waals surface area contributed by atoms with E-state index in [1.54, 1.807) is 0 Å². The van der Waals surface area contributed by atoms with Gasteiger partial charge in [0.25, 0.3) is 0 Å². The lowest BCUT2D eigenvalue weighted by atomic mass is 9.95. The molecule has 0 radical (unpaired) electrons. The fourth-order valence-electron chi connectivity index (χ4n) is 3.35. The summed E-state index contributed by atoms with van der Waals surface area (Å²) in [4.78, 5) is 14.9. The van der Waals surface area contributed by atoms with Gasteiger partial charge in [0.1, 0.15) is 5.75 Å². The van der Waals surface area contributed by atoms with Crippen molar-refractivity contribution in [2.45, 2.75) is 39.3 Å². The smallest absolute Gasteiger partial charge is 0.227 e. The number of anilines is 1. The Labute approximate surface area is 166 Å². The molecule has 0 spiro atoms. The number of hydrogen-bond donors (Lipinski definition) is 1. The SMILES string of the molecule is CC(C)Oc1ccc(NC(=O)C2CCN(Cc3ccccc3Cl)CC2)cc1. The van der Waals surface area contributed by atoms with Crippen LogP contribution in [0.15, 0.2) is 48.5 Å². The quantitative estimate of drug-likeness (QED) is 0.761. The van der Waals surface area contributed by atoms with Crippen LogP contribution in [-0.2, 0) is 11.3 Å². The Bertz CT molecular complexity index is 753. The number of carbonyl (C=O) groups is 1. The minimum atomic E-state index is 0.0547. The summed E-state index contributed by atoms with van der Waals surface area (Å²) in [6.07, 6.45) is 1.87. The maximum Gasteiger partial charge on any atom is 0.227 e. The molecule has 0 saturated carbocycles. The predicted octanol–water partition coefficient (Wildman–Crippen LogP) is 4.98. The number of benzene rings is 2. The Morgan fingerprint density at radius 3 is 2.44 bits per heavy atom. The van der Waals surface area contributed by atoms with Crippen LogP contribution in [0.5, 0.6) is 5.75 Å². The summed E-state index contributed by atoms with van der Waals surface area (Å²) >= 11 is 6.25. The second-order valence-corrected chi connectivity index (χ2v) is 7.73. The first kappa shape index (κ1) is 19.7. The lowest BCUT2D eigenvalue weighted by molar-refractivity contribution is -0.121. The summed E-state index contributed by atoms with van der Waals surface area (Å²) in [5, 5.41) is 3.84. The molecule has 0 atom stereocenters. The van der Waals surface area contributed by atoms with E-state index < -0.39 is 0 Å². The Morgan fingerprint density at radius 2 is 1.81 bits per heavy atom. The van der Waals surface area contributed by atoms with Gasteiger partial charge in [-0.3, -0.25) is 9.69 Å². The van der Waals surface area contributed by atoms with Crippen LogP contribution in [0.4, 0.5) is 5.69 Å². The van der Waals surface area contributed by atoms with Gasteiger partial charge in [-0.2, -0.15) is 0 Å². The zero-order valence-corrected chi connectivity index (χ0v) is 16.7. The molecule has 1 aliphatic heterocycles. The van der Waals surface area contributed by atoms with Crippen molar-refractivity contribution in [1.82, 2.24) is 4.90 Å². The molecule has 2 aromatic rings. The Hall–Kier alpha value is -2.04. The van der Waals surface area contributed by atoms with E-state index in [2.05, 4.69) is 16.3 Å². The van der Waals surface area contributed by atoms with Gasteiger partial charge in [0.05, 0.1) is 6.10 Å². The van der Waals surface area contributed by atoms with Crippen molar-refractivity contribution in [1.29, 1.82) is 0 Å². The van der Waals surface area contributed by atoms with Crippen molar-refractivity contribution < 1.29 is 9.53 Å². The van der Waals surface area contributed by atoms with E-state index in [0.29, 0.717) is 0 Å². The van der Waals surface area contributed by atoms with Crippen molar-refractivity contribution >= 4 is 23.2 Å². The Morgan fingerprint density at radius 1 is 1.15 bits per heavy atom. The lowest BCUT2D eigenvalue weighted by Gasteiger charge is -2.31. The zero-order valence-electron chi connectivity index (χ0n) is 16.0. The number of piperidine rings is 1. The second kappa shape index (κ2) is 9.25. The number of halogens is 1. The minimum absolute atomic E-state index is 0.0547. The Kier molecular flexibility index (Phi) is 6.75. The average Bonchev–Trinajstić information content (AvgIpc) is 2.65. The molecule has 1 saturated heterocycles. The van der Waals surface area contributed by atoms with Gasteiger partial charge >= 0.3 is 0 Å². The molecule has 4 nitrogen and oxygen atoms in total. The normalized spacial score (nSPS) is 15.7. The van der Waals surface area contributed by atoms with E-state index in [4.69, 9.17) is 16.3 Å². The van der Waals surface area contributed by atoms with E-state index >= 15 is 0 Å². The molecule has 1 aliphatic rings. The number of nitrogens with zero attached hydrogens (tertiary/aromatic N) is 1. The van der Waals surface area contributed by atoms with Gasteiger partial charge in [-0.15, -0.1) is 0 Å². The van der Waals surface area contributed by atoms with Gasteiger partial charge in [-0.25, -0.2) is 0 Å². The molecular weight excluding hydrogens is 360 g/mol. The summed E-state index contributed by atoms with van der Waals surface area (Å²) in [6, 6.07) is 15.5. The molecule has 1 amide bonds. The fraction of sp³-hybridized carbons (Fsp3) is 0.409. The third-order valence-corrected chi connectivity index (χ3v) is 5.17. The van der Waals surface area contributed by atoms with Crippen LogP contribution in [0.3, 0.4) is 0 Å². The molecule has 5 heteroatoms. The summed E-state index contributed by atoms with van der Waals surface area (Å²) in [5.74, 6) is 0.972. The first-order chi connectivity index (χ1) is 13.0. The molecule has 0 aliphatic carbocycles. The summed E-state index contributed by atoms with van der Waals surface area (Å²) < 4.78 is 5.63. The molecule has 0 unspecified atom stereocenters. The molecule has 27 heavy (non-hydrogen) atoms. The van der Waals surface area contributed by atoms with Crippen LogP contribution in [0, 0.1) is 5.92 Å². The van der Waals surface area contributed by atoms with E-state index in [0.717, 1.165) is 54.5 Å². The third kappa shape index (κ3) is 5.72. The van der Waals surface area contributed by atoms with Crippen LogP contribution in [0.1, 0.15) is 32.3 Å². The number of ether oxygens (including phenoxy) is 1. The van der Waals surface area contributed by atoms with Gasteiger partial charge in [-0.1, -0.05) is 29.8 Å². The molecule has 3 rings (SSSR count). The van der Waals surface area contributed by atoms with E-state index in [1.807, 2.05) is 56.3 Å². The van der Waals surface area contributed by atoms with E-state index in [1.165, 1.54) is 0 Å². The summed E-state index contributed by atoms with van der Waals surface area (Å²) in [5.41, 5.74) is 1.96. The van der Waals surface area contributed by atoms with Gasteiger partial charge in [0.15, 0.2) is 0 Å². The molecule has 2 aromatic carbocycles. The molecule has 1 N–H and O–H groups in total. The second-order valence-electron chi connectivity index (χ2n) is 7.32. The fourth-order valence-corrected chi connectivity index (χ4v) is 3.55. The van der Waals surface area contributed by atoms with Crippen molar-refractivity contribution in [2.24, 2.45) is 5.92 Å². The number of nitrogens with one attached hydrogen (secondary N) is 1. The summed E-state index contributed by atoms with van der Waals surface area (Å²) in [6.45, 7) is 6.64. The number of likely N-dealkylation sites (tertiary alicyclic amines) is 1. The molecule has 1 fully saturated rings. The third-order valence-electron chi connectivity index (χ3n) is 4.80. The van der Waals surface area contributed by atoms with Crippen LogP contribution in [0.25, 0.3) is 0 Å². The number of carbonyl (C=O) groups excluding carboxylic acids is 1. The van der Waals surface area contributed by atoms with Crippen LogP contribution < -0.4 is 10.1 Å². The molecule has 0 bridgehead atoms. The average molecular weight is 387 g/mol. The Balaban J connectivity index is 1.47. The maximum atomic E-state index is 12.6. The highest BCUT2D eigenvalue weighted by Gasteiger charge is 2.25. The molecule has 0 aromatic heterocycles. The highest BCUT2D eigenvalue weighted by atomic mass is 35.5. The first-order valence-electron chi connectivity index (χ1n) is 9.54. The zero-order chi connectivity index (χ0) is 19.2. The van der Waals surface area contributed by atoms with Crippen molar-refractivity contribution in [3.8, 4) is 5.75 Å². The van der Waals surface area contributed by atoms with Gasteiger partial charge in [0, 0.05) is 23.2 Å². The maximum absolute atomic E-state index is 12.6. The highest BCUT2D eigenvalue weighted by molar-refractivity contribution is 6.31. The van der Waals surface area contributed by atoms with Gasteiger partial charge < -0.3 is 10.1 Å². The molecule has 144 valence electrons. The summed E-state index contributed by atoms with van der Waals surface area (Å²) in [7, 11) is 0. The minimum Gasteiger partial charge on any atom is -0.491 e. The van der Waals surface area contributed by atoms with Crippen molar-refractivity contribution in [3.63, 3.8) is 0 Å². The highest BCUT2D eigenvalue weighted by Crippen LogP contribution is 2.24. The number of rotatable bonds is 6. The topological polar surface area (TPSA) is 41.6 Å².